The summed E-state index contributed by atoms with van der Waals surface area (Å²) in [7, 11) is 0. The second kappa shape index (κ2) is 6.08. The third kappa shape index (κ3) is 5.09. The van der Waals surface area contributed by atoms with Crippen LogP contribution in [0.1, 0.15) is 20.3 Å². The van der Waals surface area contributed by atoms with Crippen LogP contribution in [0.15, 0.2) is 24.5 Å². The Morgan fingerprint density at radius 1 is 1.50 bits per heavy atom. The van der Waals surface area contributed by atoms with E-state index < -0.39 is 0 Å². The van der Waals surface area contributed by atoms with Gasteiger partial charge >= 0.3 is 0 Å². The number of rotatable bonds is 0. The first-order valence-corrected chi connectivity index (χ1v) is 3.40. The lowest BCUT2D eigenvalue weighted by Gasteiger charge is -1.81. The molecule has 1 N–H and O–H groups in total. The first-order valence-electron chi connectivity index (χ1n) is 3.40. The van der Waals surface area contributed by atoms with Crippen molar-refractivity contribution in [3.8, 4) is 5.75 Å². The van der Waals surface area contributed by atoms with Crippen molar-refractivity contribution in [2.24, 2.45) is 0 Å². The van der Waals surface area contributed by atoms with Gasteiger partial charge in [0, 0.05) is 6.20 Å². The molecular weight excluding hydrogens is 126 g/mol. The molecule has 1 rings (SSSR count). The van der Waals surface area contributed by atoms with E-state index in [0.29, 0.717) is 0 Å². The number of aromatic hydroxyl groups is 1. The smallest absolute Gasteiger partial charge is 0.133 e. The van der Waals surface area contributed by atoms with Crippen LogP contribution in [-0.2, 0) is 0 Å². The van der Waals surface area contributed by atoms with Crippen LogP contribution in [0, 0.1) is 0 Å². The zero-order valence-corrected chi connectivity index (χ0v) is 6.41. The quantitative estimate of drug-likeness (QED) is 0.597. The van der Waals surface area contributed by atoms with E-state index in [4.69, 9.17) is 5.11 Å². The van der Waals surface area contributed by atoms with Gasteiger partial charge in [-0.15, -0.1) is 0 Å². The molecule has 56 valence electrons. The molecular formula is C8H13NO. The minimum absolute atomic E-state index is 0.211. The molecule has 0 saturated carbocycles. The fourth-order valence-corrected chi connectivity index (χ4v) is 0.354. The van der Waals surface area contributed by atoms with Gasteiger partial charge in [-0.1, -0.05) is 20.3 Å². The Labute approximate surface area is 61.5 Å². The summed E-state index contributed by atoms with van der Waals surface area (Å²) in [6, 6.07) is 3.25. The predicted molar refractivity (Wildman–Crippen MR) is 41.9 cm³/mol. The van der Waals surface area contributed by atoms with Crippen LogP contribution < -0.4 is 0 Å². The van der Waals surface area contributed by atoms with Crippen molar-refractivity contribution in [2.45, 2.75) is 20.3 Å². The molecule has 0 unspecified atom stereocenters. The first-order chi connectivity index (χ1) is 4.81. The second-order valence-electron chi connectivity index (χ2n) is 1.92. The number of hydrogen-bond acceptors (Lipinski definition) is 2. The molecule has 0 saturated heterocycles. The van der Waals surface area contributed by atoms with E-state index in [2.05, 4.69) is 18.8 Å². The van der Waals surface area contributed by atoms with Gasteiger partial charge in [0.2, 0.25) is 0 Å². The standard InChI is InChI=1S/C5H5NO.C3H8/c7-5-2-1-3-6-4-5;1-3-2/h1-4,7H;3H2,1-2H3. The molecule has 0 aliphatic rings. The van der Waals surface area contributed by atoms with E-state index in [1.807, 2.05) is 0 Å². The summed E-state index contributed by atoms with van der Waals surface area (Å²) in [6.07, 6.45) is 4.25. The highest BCUT2D eigenvalue weighted by molar-refractivity contribution is 5.12. The van der Waals surface area contributed by atoms with E-state index in [9.17, 15) is 0 Å². The van der Waals surface area contributed by atoms with Crippen LogP contribution in [0.3, 0.4) is 0 Å². The fraction of sp³-hybridized carbons (Fsp3) is 0.375. The molecule has 1 aromatic heterocycles. The van der Waals surface area contributed by atoms with Gasteiger partial charge in [0.05, 0.1) is 6.20 Å². The Bertz CT molecular complexity index is 151. The molecule has 0 radical (unpaired) electrons. The zero-order valence-electron chi connectivity index (χ0n) is 6.41. The van der Waals surface area contributed by atoms with Gasteiger partial charge in [-0.25, -0.2) is 0 Å². The van der Waals surface area contributed by atoms with Gasteiger partial charge in [-0.05, 0) is 12.1 Å². The van der Waals surface area contributed by atoms with Crippen LogP contribution in [0.2, 0.25) is 0 Å². The summed E-state index contributed by atoms with van der Waals surface area (Å²) < 4.78 is 0. The molecule has 2 heteroatoms. The van der Waals surface area contributed by atoms with Crippen molar-refractivity contribution in [1.82, 2.24) is 4.98 Å². The maximum atomic E-state index is 8.57. The molecule has 0 atom stereocenters. The number of nitrogens with zero attached hydrogens (tertiary/aromatic N) is 1. The lowest BCUT2D eigenvalue weighted by Crippen LogP contribution is -1.64. The second-order valence-corrected chi connectivity index (χ2v) is 1.92. The van der Waals surface area contributed by atoms with E-state index in [1.165, 1.54) is 12.6 Å². The van der Waals surface area contributed by atoms with Crippen LogP contribution in [0.25, 0.3) is 0 Å². The summed E-state index contributed by atoms with van der Waals surface area (Å²) in [5.74, 6) is 0.211. The number of hydrogen-bond donors (Lipinski definition) is 1. The monoisotopic (exact) mass is 139 g/mol. The van der Waals surface area contributed by atoms with E-state index in [0.717, 1.165) is 0 Å². The predicted octanol–water partition coefficient (Wildman–Crippen LogP) is 2.20. The molecule has 0 aliphatic heterocycles. The molecule has 0 aromatic carbocycles. The Balaban J connectivity index is 0.000000236. The number of aromatic nitrogens is 1. The summed E-state index contributed by atoms with van der Waals surface area (Å²) in [4.78, 5) is 3.63. The molecule has 10 heavy (non-hydrogen) atoms. The molecule has 1 aromatic rings. The molecule has 0 fully saturated rings. The summed E-state index contributed by atoms with van der Waals surface area (Å²) in [5.41, 5.74) is 0. The molecule has 0 aliphatic carbocycles. The van der Waals surface area contributed by atoms with Crippen molar-refractivity contribution in [3.05, 3.63) is 24.5 Å². The van der Waals surface area contributed by atoms with Gasteiger partial charge in [-0.2, -0.15) is 0 Å². The first kappa shape index (κ1) is 8.95. The molecule has 0 spiro atoms. The van der Waals surface area contributed by atoms with E-state index >= 15 is 0 Å². The lowest BCUT2D eigenvalue weighted by molar-refractivity contribution is 0.472. The van der Waals surface area contributed by atoms with Crippen LogP contribution in [0.5, 0.6) is 5.75 Å². The minimum atomic E-state index is 0.211. The maximum Gasteiger partial charge on any atom is 0.133 e. The lowest BCUT2D eigenvalue weighted by atomic mass is 10.5. The third-order valence-corrected chi connectivity index (χ3v) is 0.646. The molecule has 0 amide bonds. The molecule has 2 nitrogen and oxygen atoms in total. The van der Waals surface area contributed by atoms with Crippen LogP contribution >= 0.6 is 0 Å². The van der Waals surface area contributed by atoms with Crippen molar-refractivity contribution in [3.63, 3.8) is 0 Å². The van der Waals surface area contributed by atoms with Crippen molar-refractivity contribution < 1.29 is 5.11 Å². The van der Waals surface area contributed by atoms with Crippen molar-refractivity contribution in [1.29, 1.82) is 0 Å². The third-order valence-electron chi connectivity index (χ3n) is 0.646. The largest absolute Gasteiger partial charge is 0.506 e. The Morgan fingerprint density at radius 3 is 2.30 bits per heavy atom. The zero-order chi connectivity index (χ0) is 7.82. The van der Waals surface area contributed by atoms with Crippen molar-refractivity contribution >= 4 is 0 Å². The van der Waals surface area contributed by atoms with Crippen molar-refractivity contribution in [2.75, 3.05) is 0 Å². The number of pyridine rings is 1. The highest BCUT2D eigenvalue weighted by atomic mass is 16.3. The summed E-state index contributed by atoms with van der Waals surface area (Å²) >= 11 is 0. The van der Waals surface area contributed by atoms with Gasteiger partial charge in [0.15, 0.2) is 0 Å². The van der Waals surface area contributed by atoms with Crippen LogP contribution in [-0.4, -0.2) is 10.1 Å². The SMILES string of the molecule is CCC.Oc1cccnc1. The average Bonchev–Trinajstić information content (AvgIpc) is 1.91. The molecule has 1 heterocycles. The Morgan fingerprint density at radius 2 is 2.10 bits per heavy atom. The van der Waals surface area contributed by atoms with Gasteiger partial charge in [-0.3, -0.25) is 4.98 Å². The normalized spacial score (nSPS) is 7.80. The maximum absolute atomic E-state index is 8.57. The average molecular weight is 139 g/mol. The van der Waals surface area contributed by atoms with Gasteiger partial charge < -0.3 is 5.11 Å². The van der Waals surface area contributed by atoms with Crippen LogP contribution in [0.4, 0.5) is 0 Å². The summed E-state index contributed by atoms with van der Waals surface area (Å²) in [5, 5.41) is 8.57. The van der Waals surface area contributed by atoms with Gasteiger partial charge in [0.1, 0.15) is 5.75 Å². The van der Waals surface area contributed by atoms with E-state index in [1.54, 1.807) is 18.3 Å². The highest BCUT2D eigenvalue weighted by Gasteiger charge is 1.76. The Kier molecular flexibility index (Phi) is 5.44. The van der Waals surface area contributed by atoms with E-state index in [-0.39, 0.29) is 5.75 Å². The Hall–Kier alpha value is -1.05. The molecule has 0 bridgehead atoms. The topological polar surface area (TPSA) is 33.1 Å². The summed E-state index contributed by atoms with van der Waals surface area (Å²) in [6.45, 7) is 4.25. The highest BCUT2D eigenvalue weighted by Crippen LogP contribution is 1.99. The minimum Gasteiger partial charge on any atom is -0.506 e. The fourth-order valence-electron chi connectivity index (χ4n) is 0.354. The van der Waals surface area contributed by atoms with Gasteiger partial charge in [0.25, 0.3) is 0 Å².